The first kappa shape index (κ1) is 15.6. The predicted molar refractivity (Wildman–Crippen MR) is 87.3 cm³/mol. The highest BCUT2D eigenvalue weighted by atomic mass is 14.9. The minimum absolute atomic E-state index is 0.174. The van der Waals surface area contributed by atoms with Crippen LogP contribution < -0.4 is 5.73 Å². The highest BCUT2D eigenvalue weighted by molar-refractivity contribution is 5.41. The van der Waals surface area contributed by atoms with E-state index >= 15 is 0 Å². The fourth-order valence-electron chi connectivity index (χ4n) is 2.44. The first-order valence-corrected chi connectivity index (χ1v) is 7.41. The lowest BCUT2D eigenvalue weighted by Crippen LogP contribution is -2.13. The van der Waals surface area contributed by atoms with Gasteiger partial charge < -0.3 is 5.73 Å². The molecule has 1 aromatic carbocycles. The van der Waals surface area contributed by atoms with Crippen molar-refractivity contribution in [1.29, 1.82) is 0 Å². The first-order chi connectivity index (χ1) is 9.81. The Hall–Kier alpha value is -1.74. The third kappa shape index (κ3) is 3.67. The number of rotatable bonds is 3. The summed E-state index contributed by atoms with van der Waals surface area (Å²) >= 11 is 0. The monoisotopic (exact) mass is 283 g/mol. The molecule has 0 fully saturated rings. The van der Waals surface area contributed by atoms with E-state index in [-0.39, 0.29) is 5.41 Å². The maximum atomic E-state index is 5.58. The van der Waals surface area contributed by atoms with Gasteiger partial charge in [0, 0.05) is 30.9 Å². The molecule has 1 aromatic heterocycles. The molecule has 112 valence electrons. The maximum absolute atomic E-state index is 5.58. The molecule has 21 heavy (non-hydrogen) atoms. The Labute approximate surface area is 127 Å². The van der Waals surface area contributed by atoms with Crippen LogP contribution in [0.25, 0.3) is 0 Å². The zero-order chi connectivity index (χ0) is 15.6. The number of hydrogen-bond donors (Lipinski definition) is 1. The number of nitrogens with two attached hydrogens (primary N) is 1. The Morgan fingerprint density at radius 3 is 1.95 bits per heavy atom. The minimum Gasteiger partial charge on any atom is -0.326 e. The molecule has 0 saturated heterocycles. The van der Waals surface area contributed by atoms with Gasteiger partial charge in [0.2, 0.25) is 0 Å². The molecule has 0 bridgehead atoms. The summed E-state index contributed by atoms with van der Waals surface area (Å²) in [6.45, 7) is 11.6. The highest BCUT2D eigenvalue weighted by Gasteiger charge is 2.16. The smallest absolute Gasteiger partial charge is 0.132 e. The van der Waals surface area contributed by atoms with Gasteiger partial charge in [-0.1, -0.05) is 32.9 Å². The predicted octanol–water partition coefficient (Wildman–Crippen LogP) is 3.44. The Morgan fingerprint density at radius 1 is 1.00 bits per heavy atom. The quantitative estimate of drug-likeness (QED) is 0.938. The summed E-state index contributed by atoms with van der Waals surface area (Å²) in [5.74, 6) is 0.849. The zero-order valence-corrected chi connectivity index (χ0v) is 13.7. The summed E-state index contributed by atoms with van der Waals surface area (Å²) in [5, 5.41) is 0. The number of aromatic nitrogens is 2. The van der Waals surface area contributed by atoms with Crippen LogP contribution in [0.15, 0.2) is 24.5 Å². The van der Waals surface area contributed by atoms with Crippen molar-refractivity contribution in [2.45, 2.75) is 53.0 Å². The van der Waals surface area contributed by atoms with Crippen LogP contribution >= 0.6 is 0 Å². The molecule has 0 aliphatic heterocycles. The average Bonchev–Trinajstić information content (AvgIpc) is 2.42. The van der Waals surface area contributed by atoms with E-state index in [1.165, 1.54) is 22.3 Å². The summed E-state index contributed by atoms with van der Waals surface area (Å²) in [6, 6.07) is 4.58. The second-order valence-electron chi connectivity index (χ2n) is 6.73. The molecule has 0 aliphatic carbocycles. The lowest BCUT2D eigenvalue weighted by atomic mass is 9.83. The lowest BCUT2D eigenvalue weighted by Gasteiger charge is -2.22. The summed E-state index contributed by atoms with van der Waals surface area (Å²) in [6.07, 6.45) is 4.40. The van der Waals surface area contributed by atoms with Crippen LogP contribution in [0.5, 0.6) is 0 Å². The van der Waals surface area contributed by atoms with E-state index in [1.807, 2.05) is 12.4 Å². The van der Waals surface area contributed by atoms with Gasteiger partial charge in [0.25, 0.3) is 0 Å². The fourth-order valence-corrected chi connectivity index (χ4v) is 2.44. The van der Waals surface area contributed by atoms with Gasteiger partial charge in [0.15, 0.2) is 0 Å². The van der Waals surface area contributed by atoms with E-state index in [0.717, 1.165) is 17.8 Å². The van der Waals surface area contributed by atoms with Gasteiger partial charge in [-0.05, 0) is 41.5 Å². The van der Waals surface area contributed by atoms with Crippen molar-refractivity contribution in [2.24, 2.45) is 5.73 Å². The van der Waals surface area contributed by atoms with E-state index in [1.54, 1.807) is 0 Å². The van der Waals surface area contributed by atoms with Crippen molar-refractivity contribution in [1.82, 2.24) is 9.97 Å². The maximum Gasteiger partial charge on any atom is 0.132 e. The third-order valence-corrected chi connectivity index (χ3v) is 3.89. The molecule has 0 radical (unpaired) electrons. The van der Waals surface area contributed by atoms with Crippen LogP contribution in [-0.4, -0.2) is 9.97 Å². The largest absolute Gasteiger partial charge is 0.326 e. The normalized spacial score (nSPS) is 11.7. The van der Waals surface area contributed by atoms with Gasteiger partial charge in [0.1, 0.15) is 5.82 Å². The van der Waals surface area contributed by atoms with Gasteiger partial charge in [0.05, 0.1) is 0 Å². The van der Waals surface area contributed by atoms with Crippen molar-refractivity contribution in [3.63, 3.8) is 0 Å². The van der Waals surface area contributed by atoms with Crippen LogP contribution in [-0.2, 0) is 18.4 Å². The first-order valence-electron chi connectivity index (χ1n) is 7.41. The number of hydrogen-bond acceptors (Lipinski definition) is 3. The molecular weight excluding hydrogens is 258 g/mol. The fraction of sp³-hybridized carbons (Fsp3) is 0.444. The number of nitrogens with zero attached hydrogens (tertiary/aromatic N) is 2. The van der Waals surface area contributed by atoms with Crippen molar-refractivity contribution in [3.05, 3.63) is 58.2 Å². The molecular formula is C18H25N3. The summed E-state index contributed by atoms with van der Waals surface area (Å²) < 4.78 is 0. The molecule has 0 spiro atoms. The molecule has 0 aliphatic rings. The van der Waals surface area contributed by atoms with E-state index in [2.05, 4.69) is 56.7 Å². The SMILES string of the molecule is Cc1cc(C(C)(C)C)cc(C)c1Cc1ncc(CN)cn1. The summed E-state index contributed by atoms with van der Waals surface area (Å²) in [7, 11) is 0. The van der Waals surface area contributed by atoms with Gasteiger partial charge >= 0.3 is 0 Å². The van der Waals surface area contributed by atoms with Gasteiger partial charge in [-0.25, -0.2) is 9.97 Å². The van der Waals surface area contributed by atoms with E-state index in [4.69, 9.17) is 5.73 Å². The van der Waals surface area contributed by atoms with E-state index in [0.29, 0.717) is 6.54 Å². The molecule has 2 N–H and O–H groups in total. The third-order valence-electron chi connectivity index (χ3n) is 3.89. The van der Waals surface area contributed by atoms with Crippen LogP contribution in [0.4, 0.5) is 0 Å². The van der Waals surface area contributed by atoms with Crippen molar-refractivity contribution in [3.8, 4) is 0 Å². The summed E-state index contributed by atoms with van der Waals surface area (Å²) in [4.78, 5) is 8.81. The standard InChI is InChI=1S/C18H25N3/c1-12-6-15(18(3,4)5)7-13(2)16(12)8-17-20-10-14(9-19)11-21-17/h6-7,10-11H,8-9,19H2,1-5H3. The molecule has 0 atom stereocenters. The Kier molecular flexibility index (Phi) is 4.43. The second-order valence-corrected chi connectivity index (χ2v) is 6.73. The molecule has 2 rings (SSSR count). The number of aryl methyl sites for hydroxylation is 2. The van der Waals surface area contributed by atoms with Crippen LogP contribution in [0.1, 0.15) is 54.4 Å². The van der Waals surface area contributed by atoms with E-state index < -0.39 is 0 Å². The van der Waals surface area contributed by atoms with Crippen molar-refractivity contribution < 1.29 is 0 Å². The molecule has 2 aromatic rings. The summed E-state index contributed by atoms with van der Waals surface area (Å²) in [5.41, 5.74) is 12.0. The topological polar surface area (TPSA) is 51.8 Å². The second kappa shape index (κ2) is 5.94. The molecule has 3 nitrogen and oxygen atoms in total. The Balaban J connectivity index is 2.31. The van der Waals surface area contributed by atoms with Crippen molar-refractivity contribution in [2.75, 3.05) is 0 Å². The van der Waals surface area contributed by atoms with Gasteiger partial charge in [-0.15, -0.1) is 0 Å². The van der Waals surface area contributed by atoms with Crippen LogP contribution in [0.2, 0.25) is 0 Å². The molecule has 0 unspecified atom stereocenters. The van der Waals surface area contributed by atoms with E-state index in [9.17, 15) is 0 Å². The van der Waals surface area contributed by atoms with Gasteiger partial charge in [-0.3, -0.25) is 0 Å². The molecule has 0 saturated carbocycles. The highest BCUT2D eigenvalue weighted by Crippen LogP contribution is 2.27. The Bertz CT molecular complexity index is 599. The average molecular weight is 283 g/mol. The number of benzene rings is 1. The zero-order valence-electron chi connectivity index (χ0n) is 13.7. The minimum atomic E-state index is 0.174. The van der Waals surface area contributed by atoms with Crippen molar-refractivity contribution >= 4 is 0 Å². The van der Waals surface area contributed by atoms with Crippen LogP contribution in [0.3, 0.4) is 0 Å². The molecule has 3 heteroatoms. The molecule has 0 amide bonds. The lowest BCUT2D eigenvalue weighted by molar-refractivity contribution is 0.588. The Morgan fingerprint density at radius 2 is 1.52 bits per heavy atom. The van der Waals surface area contributed by atoms with Gasteiger partial charge in [-0.2, -0.15) is 0 Å². The van der Waals surface area contributed by atoms with Crippen LogP contribution in [0, 0.1) is 13.8 Å². The molecule has 1 heterocycles.